The highest BCUT2D eigenvalue weighted by molar-refractivity contribution is 7.15. The van der Waals surface area contributed by atoms with Gasteiger partial charge in [0.2, 0.25) is 0 Å². The maximum absolute atomic E-state index is 10.3. The standard InChI is InChI=1S/C9H13NO2S/c1-6(2-5-9(11)12)7-3-4-8(10)13-7/h3-4,6H,2,5,10H2,1H3,(H,11,12). The summed E-state index contributed by atoms with van der Waals surface area (Å²) in [5.74, 6) is -0.449. The van der Waals surface area contributed by atoms with E-state index in [4.69, 9.17) is 10.8 Å². The number of anilines is 1. The van der Waals surface area contributed by atoms with Crippen LogP contribution >= 0.6 is 11.3 Å². The van der Waals surface area contributed by atoms with E-state index < -0.39 is 5.97 Å². The van der Waals surface area contributed by atoms with E-state index in [0.717, 1.165) is 5.00 Å². The van der Waals surface area contributed by atoms with Crippen molar-refractivity contribution >= 4 is 22.3 Å². The van der Waals surface area contributed by atoms with E-state index >= 15 is 0 Å². The Hall–Kier alpha value is -1.03. The molecule has 1 rings (SSSR count). The zero-order valence-corrected chi connectivity index (χ0v) is 8.30. The molecule has 0 bridgehead atoms. The second kappa shape index (κ2) is 4.28. The normalized spacial score (nSPS) is 12.7. The highest BCUT2D eigenvalue weighted by Gasteiger charge is 2.09. The summed E-state index contributed by atoms with van der Waals surface area (Å²) >= 11 is 1.53. The maximum atomic E-state index is 10.3. The highest BCUT2D eigenvalue weighted by atomic mass is 32.1. The van der Waals surface area contributed by atoms with Crippen LogP contribution in [0.4, 0.5) is 5.00 Å². The van der Waals surface area contributed by atoms with E-state index in [1.54, 1.807) is 0 Å². The number of nitrogens with two attached hydrogens (primary N) is 1. The summed E-state index contributed by atoms with van der Waals surface area (Å²) in [4.78, 5) is 11.5. The van der Waals surface area contributed by atoms with Crippen LogP contribution in [0.3, 0.4) is 0 Å². The summed E-state index contributed by atoms with van der Waals surface area (Å²) in [6, 6.07) is 3.82. The van der Waals surface area contributed by atoms with Crippen LogP contribution in [0.5, 0.6) is 0 Å². The Bertz CT molecular complexity index is 296. The Morgan fingerprint density at radius 3 is 2.85 bits per heavy atom. The molecule has 1 atom stereocenters. The predicted molar refractivity (Wildman–Crippen MR) is 54.0 cm³/mol. The van der Waals surface area contributed by atoms with E-state index in [0.29, 0.717) is 12.3 Å². The third-order valence-electron chi connectivity index (χ3n) is 1.92. The fraction of sp³-hybridized carbons (Fsp3) is 0.444. The van der Waals surface area contributed by atoms with Crippen molar-refractivity contribution in [2.45, 2.75) is 25.7 Å². The van der Waals surface area contributed by atoms with Crippen LogP contribution < -0.4 is 5.73 Å². The van der Waals surface area contributed by atoms with Gasteiger partial charge in [-0.05, 0) is 24.5 Å². The molecule has 3 nitrogen and oxygen atoms in total. The zero-order valence-electron chi connectivity index (χ0n) is 7.49. The molecule has 4 heteroatoms. The molecular weight excluding hydrogens is 186 g/mol. The first-order valence-electron chi connectivity index (χ1n) is 4.16. The maximum Gasteiger partial charge on any atom is 0.303 e. The van der Waals surface area contributed by atoms with E-state index in [-0.39, 0.29) is 6.42 Å². The molecule has 0 fully saturated rings. The van der Waals surface area contributed by atoms with Gasteiger partial charge in [0.25, 0.3) is 0 Å². The van der Waals surface area contributed by atoms with Crippen LogP contribution in [0.2, 0.25) is 0 Å². The lowest BCUT2D eigenvalue weighted by Gasteiger charge is -2.05. The number of carboxylic acid groups (broad SMARTS) is 1. The van der Waals surface area contributed by atoms with Crippen molar-refractivity contribution in [3.8, 4) is 0 Å². The number of rotatable bonds is 4. The Morgan fingerprint density at radius 1 is 1.69 bits per heavy atom. The number of hydrogen-bond donors (Lipinski definition) is 2. The Labute approximate surface area is 81.2 Å². The van der Waals surface area contributed by atoms with E-state index in [1.165, 1.54) is 16.2 Å². The fourth-order valence-electron chi connectivity index (χ4n) is 1.12. The van der Waals surface area contributed by atoms with Crippen molar-refractivity contribution in [3.63, 3.8) is 0 Å². The second-order valence-electron chi connectivity index (χ2n) is 3.07. The lowest BCUT2D eigenvalue weighted by molar-refractivity contribution is -0.137. The van der Waals surface area contributed by atoms with Crippen molar-refractivity contribution in [1.82, 2.24) is 0 Å². The molecule has 72 valence electrons. The van der Waals surface area contributed by atoms with Crippen LogP contribution in [-0.4, -0.2) is 11.1 Å². The van der Waals surface area contributed by atoms with Gasteiger partial charge >= 0.3 is 5.97 Å². The molecule has 3 N–H and O–H groups in total. The first-order chi connectivity index (χ1) is 6.09. The van der Waals surface area contributed by atoms with Gasteiger partial charge in [0, 0.05) is 11.3 Å². The van der Waals surface area contributed by atoms with Crippen LogP contribution in [0.1, 0.15) is 30.6 Å². The van der Waals surface area contributed by atoms with Gasteiger partial charge in [0.15, 0.2) is 0 Å². The summed E-state index contributed by atoms with van der Waals surface area (Å²) in [7, 11) is 0. The van der Waals surface area contributed by atoms with Crippen LogP contribution in [-0.2, 0) is 4.79 Å². The number of hydrogen-bond acceptors (Lipinski definition) is 3. The third-order valence-corrected chi connectivity index (χ3v) is 3.07. The van der Waals surface area contributed by atoms with E-state index in [2.05, 4.69) is 0 Å². The van der Waals surface area contributed by atoms with E-state index in [9.17, 15) is 4.79 Å². The minimum absolute atomic E-state index is 0.221. The molecule has 1 aromatic rings. The molecule has 1 aromatic heterocycles. The molecule has 0 aliphatic carbocycles. The number of carboxylic acids is 1. The predicted octanol–water partition coefficient (Wildman–Crippen LogP) is 2.30. The largest absolute Gasteiger partial charge is 0.481 e. The quantitative estimate of drug-likeness (QED) is 0.782. The van der Waals surface area contributed by atoms with Gasteiger partial charge in [0.1, 0.15) is 0 Å². The zero-order chi connectivity index (χ0) is 9.84. The summed E-state index contributed by atoms with van der Waals surface area (Å²) < 4.78 is 0. The lowest BCUT2D eigenvalue weighted by Crippen LogP contribution is -1.98. The molecule has 1 unspecified atom stereocenters. The average molecular weight is 199 g/mol. The van der Waals surface area contributed by atoms with Gasteiger partial charge in [0.05, 0.1) is 5.00 Å². The molecule has 0 aliphatic heterocycles. The Kier molecular flexibility index (Phi) is 3.31. The molecule has 0 radical (unpaired) electrons. The van der Waals surface area contributed by atoms with Crippen molar-refractivity contribution in [3.05, 3.63) is 17.0 Å². The highest BCUT2D eigenvalue weighted by Crippen LogP contribution is 2.28. The van der Waals surface area contributed by atoms with Gasteiger partial charge in [-0.3, -0.25) is 4.79 Å². The Morgan fingerprint density at radius 2 is 2.38 bits per heavy atom. The smallest absolute Gasteiger partial charge is 0.303 e. The number of nitrogen functional groups attached to an aromatic ring is 1. The van der Waals surface area contributed by atoms with Crippen molar-refractivity contribution in [1.29, 1.82) is 0 Å². The molecule has 0 aromatic carbocycles. The average Bonchev–Trinajstić information content (AvgIpc) is 2.47. The van der Waals surface area contributed by atoms with Crippen molar-refractivity contribution < 1.29 is 9.90 Å². The van der Waals surface area contributed by atoms with Gasteiger partial charge in [-0.2, -0.15) is 0 Å². The third kappa shape index (κ3) is 3.06. The van der Waals surface area contributed by atoms with Crippen LogP contribution in [0.25, 0.3) is 0 Å². The second-order valence-corrected chi connectivity index (χ2v) is 4.22. The SMILES string of the molecule is CC(CCC(=O)O)c1ccc(N)s1. The molecule has 0 spiro atoms. The molecule has 13 heavy (non-hydrogen) atoms. The lowest BCUT2D eigenvalue weighted by atomic mass is 10.0. The minimum Gasteiger partial charge on any atom is -0.481 e. The first-order valence-corrected chi connectivity index (χ1v) is 4.98. The van der Waals surface area contributed by atoms with Crippen LogP contribution in [0.15, 0.2) is 12.1 Å². The number of thiophene rings is 1. The molecule has 1 heterocycles. The minimum atomic E-state index is -0.739. The van der Waals surface area contributed by atoms with Crippen LogP contribution in [0, 0.1) is 0 Å². The van der Waals surface area contributed by atoms with Crippen molar-refractivity contribution in [2.24, 2.45) is 0 Å². The first kappa shape index (κ1) is 10.1. The van der Waals surface area contributed by atoms with Gasteiger partial charge < -0.3 is 10.8 Å². The molecule has 0 saturated heterocycles. The number of carbonyl (C=O) groups is 1. The molecular formula is C9H13NO2S. The number of aliphatic carboxylic acids is 1. The molecule has 0 amide bonds. The fourth-order valence-corrected chi connectivity index (χ4v) is 1.98. The van der Waals surface area contributed by atoms with E-state index in [1.807, 2.05) is 19.1 Å². The molecule has 0 saturated carbocycles. The summed E-state index contributed by atoms with van der Waals surface area (Å²) in [6.45, 7) is 2.02. The summed E-state index contributed by atoms with van der Waals surface area (Å²) in [5, 5.41) is 9.28. The van der Waals surface area contributed by atoms with Gasteiger partial charge in [-0.15, -0.1) is 11.3 Å². The summed E-state index contributed by atoms with van der Waals surface area (Å²) in [5.41, 5.74) is 5.57. The van der Waals surface area contributed by atoms with Gasteiger partial charge in [-0.25, -0.2) is 0 Å². The summed E-state index contributed by atoms with van der Waals surface area (Å²) in [6.07, 6.45) is 0.897. The molecule has 0 aliphatic rings. The van der Waals surface area contributed by atoms with Crippen molar-refractivity contribution in [2.75, 3.05) is 5.73 Å². The van der Waals surface area contributed by atoms with Gasteiger partial charge in [-0.1, -0.05) is 6.92 Å². The topological polar surface area (TPSA) is 63.3 Å². The Balaban J connectivity index is 2.48. The monoisotopic (exact) mass is 199 g/mol.